The smallest absolute Gasteiger partial charge is 0.328 e. The number of esters is 1. The third-order valence-corrected chi connectivity index (χ3v) is 3.17. The summed E-state index contributed by atoms with van der Waals surface area (Å²) in [4.78, 5) is 17.7. The molecule has 2 heterocycles. The van der Waals surface area contributed by atoms with Crippen LogP contribution in [0.4, 0.5) is 5.69 Å². The Morgan fingerprint density at radius 2 is 2.44 bits per heavy atom. The number of carbonyl (C=O) groups is 1. The molecule has 5 nitrogen and oxygen atoms in total. The van der Waals surface area contributed by atoms with Gasteiger partial charge in [-0.15, -0.1) is 0 Å². The zero-order chi connectivity index (χ0) is 13.0. The molecule has 0 bridgehead atoms. The fourth-order valence-electron chi connectivity index (χ4n) is 2.28. The molecule has 0 aliphatic carbocycles. The van der Waals surface area contributed by atoms with E-state index >= 15 is 0 Å². The summed E-state index contributed by atoms with van der Waals surface area (Å²) in [5.74, 6) is -0.218. The molecule has 18 heavy (non-hydrogen) atoms. The van der Waals surface area contributed by atoms with Crippen LogP contribution in [-0.2, 0) is 9.53 Å². The fraction of sp³-hybridized carbons (Fsp3) is 0.462. The summed E-state index contributed by atoms with van der Waals surface area (Å²) < 4.78 is 4.84. The Bertz CT molecular complexity index is 481. The molecule has 0 amide bonds. The van der Waals surface area contributed by atoms with Gasteiger partial charge in [0.2, 0.25) is 0 Å². The molecule has 1 fully saturated rings. The van der Waals surface area contributed by atoms with Gasteiger partial charge in [-0.25, -0.2) is 9.78 Å². The number of hydrogen-bond donors (Lipinski definition) is 0. The van der Waals surface area contributed by atoms with Crippen molar-refractivity contribution >= 4 is 11.7 Å². The van der Waals surface area contributed by atoms with Crippen molar-refractivity contribution in [3.63, 3.8) is 0 Å². The van der Waals surface area contributed by atoms with Gasteiger partial charge in [0.05, 0.1) is 7.11 Å². The molecule has 1 aliphatic heterocycles. The van der Waals surface area contributed by atoms with Crippen molar-refractivity contribution in [3.8, 4) is 6.07 Å². The topological polar surface area (TPSA) is 66.2 Å². The number of nitrogens with zero attached hydrogens (tertiary/aromatic N) is 3. The van der Waals surface area contributed by atoms with Gasteiger partial charge in [0.25, 0.3) is 0 Å². The van der Waals surface area contributed by atoms with Gasteiger partial charge in [-0.1, -0.05) is 0 Å². The third-order valence-electron chi connectivity index (χ3n) is 3.17. The van der Waals surface area contributed by atoms with Crippen LogP contribution >= 0.6 is 0 Å². The van der Waals surface area contributed by atoms with Crippen LogP contribution in [-0.4, -0.2) is 30.6 Å². The summed E-state index contributed by atoms with van der Waals surface area (Å²) in [6.45, 7) is 0.800. The molecule has 0 saturated carbocycles. The lowest BCUT2D eigenvalue weighted by atomic mass is 10.0. The van der Waals surface area contributed by atoms with E-state index < -0.39 is 0 Å². The number of nitriles is 1. The van der Waals surface area contributed by atoms with Crippen LogP contribution in [0.1, 0.15) is 25.0 Å². The zero-order valence-electron chi connectivity index (χ0n) is 10.3. The quantitative estimate of drug-likeness (QED) is 0.738. The van der Waals surface area contributed by atoms with Crippen molar-refractivity contribution in [2.24, 2.45) is 0 Å². The summed E-state index contributed by atoms with van der Waals surface area (Å²) in [7, 11) is 1.41. The Hall–Kier alpha value is -2.09. The molecule has 1 aromatic rings. The number of carbonyl (C=O) groups excluding carboxylic acids is 1. The van der Waals surface area contributed by atoms with Gasteiger partial charge in [-0.3, -0.25) is 0 Å². The first-order valence-electron chi connectivity index (χ1n) is 5.97. The average molecular weight is 245 g/mol. The van der Waals surface area contributed by atoms with Gasteiger partial charge < -0.3 is 9.64 Å². The highest BCUT2D eigenvalue weighted by Crippen LogP contribution is 2.25. The van der Waals surface area contributed by atoms with Gasteiger partial charge in [0.1, 0.15) is 17.8 Å². The van der Waals surface area contributed by atoms with Gasteiger partial charge >= 0.3 is 5.97 Å². The summed E-state index contributed by atoms with van der Waals surface area (Å²) >= 11 is 0. The maximum absolute atomic E-state index is 11.8. The van der Waals surface area contributed by atoms with E-state index in [2.05, 4.69) is 4.98 Å². The van der Waals surface area contributed by atoms with E-state index in [4.69, 9.17) is 10.00 Å². The van der Waals surface area contributed by atoms with E-state index in [1.807, 2.05) is 17.0 Å². The van der Waals surface area contributed by atoms with E-state index in [-0.39, 0.29) is 12.0 Å². The SMILES string of the molecule is COC(=O)C1CCCCN1c1ccnc(C#N)c1. The maximum Gasteiger partial charge on any atom is 0.328 e. The predicted molar refractivity (Wildman–Crippen MR) is 66.0 cm³/mol. The third kappa shape index (κ3) is 2.43. The Balaban J connectivity index is 2.28. The maximum atomic E-state index is 11.8. The minimum atomic E-state index is -0.252. The highest BCUT2D eigenvalue weighted by atomic mass is 16.5. The first kappa shape index (κ1) is 12.4. The Labute approximate surface area is 106 Å². The molecule has 0 radical (unpaired) electrons. The first-order chi connectivity index (χ1) is 8.76. The lowest BCUT2D eigenvalue weighted by Gasteiger charge is -2.35. The molecule has 1 unspecified atom stereocenters. The number of anilines is 1. The predicted octanol–water partition coefficient (Wildman–Crippen LogP) is 1.49. The number of piperidine rings is 1. The minimum Gasteiger partial charge on any atom is -0.467 e. The van der Waals surface area contributed by atoms with Gasteiger partial charge in [-0.05, 0) is 31.4 Å². The molecule has 1 aromatic heterocycles. The first-order valence-corrected chi connectivity index (χ1v) is 5.97. The molecule has 0 aromatic carbocycles. The van der Waals surface area contributed by atoms with Crippen LogP contribution < -0.4 is 4.90 Å². The second kappa shape index (κ2) is 5.50. The van der Waals surface area contributed by atoms with Crippen molar-refractivity contribution in [2.75, 3.05) is 18.6 Å². The van der Waals surface area contributed by atoms with Crippen LogP contribution in [0.3, 0.4) is 0 Å². The van der Waals surface area contributed by atoms with Crippen LogP contribution in [0.15, 0.2) is 18.3 Å². The second-order valence-corrected chi connectivity index (χ2v) is 4.24. The molecule has 94 valence electrons. The number of methoxy groups -OCH3 is 1. The molecule has 1 saturated heterocycles. The lowest BCUT2D eigenvalue weighted by Crippen LogP contribution is -2.45. The highest BCUT2D eigenvalue weighted by Gasteiger charge is 2.29. The summed E-state index contributed by atoms with van der Waals surface area (Å²) in [5.41, 5.74) is 1.22. The lowest BCUT2D eigenvalue weighted by molar-refractivity contribution is -0.142. The normalized spacial score (nSPS) is 19.1. The average Bonchev–Trinajstić information content (AvgIpc) is 2.46. The van der Waals surface area contributed by atoms with Crippen LogP contribution in [0.2, 0.25) is 0 Å². The molecular weight excluding hydrogens is 230 g/mol. The van der Waals surface area contributed by atoms with Crippen molar-refractivity contribution < 1.29 is 9.53 Å². The standard InChI is InChI=1S/C13H15N3O2/c1-18-13(17)12-4-2-3-7-16(12)11-5-6-15-10(8-11)9-14/h5-6,8,12H,2-4,7H2,1H3. The van der Waals surface area contributed by atoms with Crippen LogP contribution in [0.5, 0.6) is 0 Å². The summed E-state index contributed by atoms with van der Waals surface area (Å²) in [5, 5.41) is 8.86. The molecule has 1 atom stereocenters. The number of rotatable bonds is 2. The molecule has 1 aliphatic rings. The Morgan fingerprint density at radius 3 is 3.17 bits per heavy atom. The summed E-state index contributed by atoms with van der Waals surface area (Å²) in [6, 6.07) is 5.29. The van der Waals surface area contributed by atoms with E-state index in [1.165, 1.54) is 7.11 Å². The van der Waals surface area contributed by atoms with E-state index in [1.54, 1.807) is 12.3 Å². The number of pyridine rings is 1. The largest absolute Gasteiger partial charge is 0.467 e. The summed E-state index contributed by atoms with van der Waals surface area (Å²) in [6.07, 6.45) is 4.44. The van der Waals surface area contributed by atoms with Crippen molar-refractivity contribution in [3.05, 3.63) is 24.0 Å². The Morgan fingerprint density at radius 1 is 1.61 bits per heavy atom. The zero-order valence-corrected chi connectivity index (χ0v) is 10.3. The molecule has 2 rings (SSSR count). The highest BCUT2D eigenvalue weighted by molar-refractivity contribution is 5.80. The monoisotopic (exact) mass is 245 g/mol. The van der Waals surface area contributed by atoms with Crippen molar-refractivity contribution in [1.29, 1.82) is 5.26 Å². The number of ether oxygens (including phenoxy) is 1. The Kier molecular flexibility index (Phi) is 3.78. The van der Waals surface area contributed by atoms with Gasteiger partial charge in [0.15, 0.2) is 0 Å². The minimum absolute atomic E-state index is 0.218. The second-order valence-electron chi connectivity index (χ2n) is 4.24. The van der Waals surface area contributed by atoms with Crippen molar-refractivity contribution in [2.45, 2.75) is 25.3 Å². The van der Waals surface area contributed by atoms with E-state index in [9.17, 15) is 4.79 Å². The van der Waals surface area contributed by atoms with E-state index in [0.29, 0.717) is 5.69 Å². The van der Waals surface area contributed by atoms with E-state index in [0.717, 1.165) is 31.5 Å². The van der Waals surface area contributed by atoms with Crippen LogP contribution in [0.25, 0.3) is 0 Å². The van der Waals surface area contributed by atoms with Gasteiger partial charge in [-0.2, -0.15) is 5.26 Å². The van der Waals surface area contributed by atoms with Crippen LogP contribution in [0, 0.1) is 11.3 Å². The molecule has 0 spiro atoms. The molecular formula is C13H15N3O2. The number of aromatic nitrogens is 1. The van der Waals surface area contributed by atoms with Crippen molar-refractivity contribution in [1.82, 2.24) is 4.98 Å². The van der Waals surface area contributed by atoms with Gasteiger partial charge in [0, 0.05) is 18.4 Å². The fourth-order valence-corrected chi connectivity index (χ4v) is 2.28. The molecule has 5 heteroatoms. The molecule has 0 N–H and O–H groups in total. The number of hydrogen-bond acceptors (Lipinski definition) is 5.